The number of carbonyl (C=O) groups excluding carboxylic acids is 5. The van der Waals surface area contributed by atoms with Crippen LogP contribution in [-0.2, 0) is 30.3 Å². The summed E-state index contributed by atoms with van der Waals surface area (Å²) in [5, 5.41) is 14.2. The molecular weight excluding hydrogens is 809 g/mol. The number of hydrogen-bond donors (Lipinski definition) is 4. The number of likely N-dealkylation sites (tertiary alicyclic amines) is 2. The van der Waals surface area contributed by atoms with Crippen molar-refractivity contribution in [3.63, 3.8) is 0 Å². The van der Waals surface area contributed by atoms with E-state index in [1.165, 1.54) is 7.11 Å². The van der Waals surface area contributed by atoms with Crippen LogP contribution in [0.4, 0.5) is 10.5 Å². The summed E-state index contributed by atoms with van der Waals surface area (Å²) in [6.45, 7) is 5.62. The van der Waals surface area contributed by atoms with Crippen LogP contribution in [0.1, 0.15) is 55.7 Å². The van der Waals surface area contributed by atoms with E-state index in [1.807, 2.05) is 37.3 Å². The first-order valence-corrected chi connectivity index (χ1v) is 21.7. The van der Waals surface area contributed by atoms with E-state index in [1.54, 1.807) is 50.1 Å². The summed E-state index contributed by atoms with van der Waals surface area (Å²) in [6, 6.07) is 8.92. The number of imidazole rings is 1. The van der Waals surface area contributed by atoms with Crippen molar-refractivity contribution in [1.29, 1.82) is 0 Å². The number of fused-ring (bicyclic) bond motifs is 2. The van der Waals surface area contributed by atoms with Gasteiger partial charge >= 0.3 is 17.7 Å². The summed E-state index contributed by atoms with van der Waals surface area (Å²) in [5.74, 6) is -1.58. The highest BCUT2D eigenvalue weighted by Crippen LogP contribution is 2.27. The number of hydrogen-bond acceptors (Lipinski definition) is 11. The molecule has 0 radical (unpaired) electrons. The first kappa shape index (κ1) is 42.9. The molecule has 3 aliphatic heterocycles. The summed E-state index contributed by atoms with van der Waals surface area (Å²) >= 11 is 0. The number of aromatic amines is 2. The molecular formula is C44H54N12O7. The van der Waals surface area contributed by atoms with E-state index < -0.39 is 30.0 Å². The number of pyridine rings is 2. The maximum atomic E-state index is 14.7. The number of piperidine rings is 2. The van der Waals surface area contributed by atoms with E-state index in [9.17, 15) is 28.8 Å². The maximum Gasteiger partial charge on any atom is 0.327 e. The number of aryl methyl sites for hydroxylation is 1. The predicted octanol–water partition coefficient (Wildman–Crippen LogP) is 2.29. The number of esters is 1. The largest absolute Gasteiger partial charge is 0.469 e. The van der Waals surface area contributed by atoms with Crippen LogP contribution in [-0.4, -0.2) is 146 Å². The molecule has 0 bridgehead atoms. The van der Waals surface area contributed by atoms with Crippen molar-refractivity contribution in [2.24, 2.45) is 5.92 Å². The average Bonchev–Trinajstić information content (AvgIpc) is 3.93. The lowest BCUT2D eigenvalue weighted by atomic mass is 9.89. The summed E-state index contributed by atoms with van der Waals surface area (Å²) < 4.78 is 6.40. The van der Waals surface area contributed by atoms with Crippen molar-refractivity contribution < 1.29 is 28.7 Å². The molecule has 1 aromatic carbocycles. The van der Waals surface area contributed by atoms with Gasteiger partial charge in [-0.3, -0.25) is 38.8 Å². The van der Waals surface area contributed by atoms with Crippen LogP contribution in [0.3, 0.4) is 0 Å². The van der Waals surface area contributed by atoms with Gasteiger partial charge in [-0.25, -0.2) is 14.6 Å². The van der Waals surface area contributed by atoms with E-state index in [4.69, 9.17) is 0 Å². The molecule has 2 atom stereocenters. The summed E-state index contributed by atoms with van der Waals surface area (Å²) in [6.07, 6.45) is 9.22. The molecule has 5 aromatic rings. The summed E-state index contributed by atoms with van der Waals surface area (Å²) in [4.78, 5) is 99.3. The van der Waals surface area contributed by atoms with E-state index >= 15 is 0 Å². The fraction of sp³-hybridized carbons (Fsp3) is 0.477. The molecule has 0 unspecified atom stereocenters. The van der Waals surface area contributed by atoms with Gasteiger partial charge in [0.2, 0.25) is 17.7 Å². The second kappa shape index (κ2) is 19.1. The van der Waals surface area contributed by atoms with Crippen molar-refractivity contribution in [3.05, 3.63) is 82.8 Å². The molecule has 4 N–H and O–H groups in total. The minimum atomic E-state index is -1.04. The monoisotopic (exact) mass is 862 g/mol. The van der Waals surface area contributed by atoms with Crippen molar-refractivity contribution in [1.82, 2.24) is 55.0 Å². The fourth-order valence-electron chi connectivity index (χ4n) is 9.28. The number of carbonyl (C=O) groups is 5. The van der Waals surface area contributed by atoms with E-state index in [0.717, 1.165) is 27.7 Å². The van der Waals surface area contributed by atoms with Gasteiger partial charge in [0.05, 0.1) is 24.3 Å². The number of rotatable bonds is 12. The Hall–Kier alpha value is -6.79. The fourth-order valence-corrected chi connectivity index (χ4v) is 9.28. The highest BCUT2D eigenvalue weighted by molar-refractivity contribution is 5.94. The number of urea groups is 1. The highest BCUT2D eigenvalue weighted by Gasteiger charge is 2.36. The number of amides is 5. The number of benzene rings is 1. The molecule has 3 fully saturated rings. The Morgan fingerprint density at radius 2 is 1.59 bits per heavy atom. The number of piperazine rings is 1. The van der Waals surface area contributed by atoms with Crippen LogP contribution in [0, 0.1) is 12.8 Å². The van der Waals surface area contributed by atoms with Gasteiger partial charge in [0, 0.05) is 94.5 Å². The third kappa shape index (κ3) is 9.81. The SMILES string of the molecule is COC(=O)CC(=O)N1CCC(C[C@H](NC(=O)[C@@H](Cc2cc(C)c3[nH]ncc3c2)NC(=O)N2CCC(n3c(=O)[nH]c4ncccc43)CC2)C(=O)N2CCN(c3ccncc3)CC2)CC1. The molecule has 3 saturated heterocycles. The van der Waals surface area contributed by atoms with Crippen molar-refractivity contribution in [2.45, 2.75) is 70.0 Å². The zero-order chi connectivity index (χ0) is 44.0. The third-order valence-corrected chi connectivity index (χ3v) is 12.8. The predicted molar refractivity (Wildman–Crippen MR) is 233 cm³/mol. The molecule has 8 rings (SSSR count). The third-order valence-electron chi connectivity index (χ3n) is 12.8. The molecule has 4 aromatic heterocycles. The molecule has 0 saturated carbocycles. The molecule has 0 spiro atoms. The van der Waals surface area contributed by atoms with E-state index in [0.29, 0.717) is 95.6 Å². The number of aromatic nitrogens is 6. The highest BCUT2D eigenvalue weighted by atomic mass is 16.5. The Bertz CT molecular complexity index is 2500. The number of nitrogens with one attached hydrogen (secondary N) is 4. The topological polar surface area (TPSA) is 224 Å². The molecule has 332 valence electrons. The van der Waals surface area contributed by atoms with Crippen LogP contribution in [0.2, 0.25) is 0 Å². The molecule has 63 heavy (non-hydrogen) atoms. The normalized spacial score (nSPS) is 17.4. The first-order valence-electron chi connectivity index (χ1n) is 21.7. The van der Waals surface area contributed by atoms with Gasteiger partial charge in [0.25, 0.3) is 0 Å². The molecule has 5 amide bonds. The smallest absolute Gasteiger partial charge is 0.327 e. The van der Waals surface area contributed by atoms with Crippen LogP contribution in [0.15, 0.2) is 66.0 Å². The number of methoxy groups -OCH3 is 1. The zero-order valence-electron chi connectivity index (χ0n) is 35.6. The van der Waals surface area contributed by atoms with Crippen molar-refractivity contribution in [3.8, 4) is 0 Å². The molecule has 3 aliphatic rings. The number of ether oxygens (including phenoxy) is 1. The quantitative estimate of drug-likeness (QED) is 0.105. The van der Waals surface area contributed by atoms with Gasteiger partial charge in [0.15, 0.2) is 5.65 Å². The van der Waals surface area contributed by atoms with E-state index in [-0.39, 0.29) is 42.3 Å². The molecule has 19 nitrogen and oxygen atoms in total. The number of nitrogens with zero attached hydrogens (tertiary/aromatic N) is 8. The van der Waals surface area contributed by atoms with Crippen LogP contribution in [0.5, 0.6) is 0 Å². The second-order valence-electron chi connectivity index (χ2n) is 16.7. The lowest BCUT2D eigenvalue weighted by molar-refractivity contribution is -0.147. The van der Waals surface area contributed by atoms with Gasteiger partial charge < -0.3 is 35.0 Å². The van der Waals surface area contributed by atoms with Crippen LogP contribution in [0.25, 0.3) is 22.1 Å². The summed E-state index contributed by atoms with van der Waals surface area (Å²) in [5.41, 5.74) is 4.63. The Morgan fingerprint density at radius 1 is 0.857 bits per heavy atom. The molecule has 7 heterocycles. The van der Waals surface area contributed by atoms with Crippen LogP contribution < -0.4 is 21.2 Å². The minimum absolute atomic E-state index is 0.000421. The number of H-pyrrole nitrogens is 2. The van der Waals surface area contributed by atoms with Crippen LogP contribution >= 0.6 is 0 Å². The minimum Gasteiger partial charge on any atom is -0.469 e. The van der Waals surface area contributed by atoms with E-state index in [2.05, 4.69) is 45.4 Å². The Balaban J connectivity index is 0.992. The standard InChI is InChI=1S/C44H54N12O7/c1-28-22-30(23-31-27-47-51-39(28)31)25-34(49-43(61)55-16-9-33(10-17-55)56-36-4-3-11-46-40(36)50-44(56)62)41(59)48-35(24-29-7-14-53(15-8-29)37(57)26-38(58)63-2)42(60)54-20-18-52(19-21-54)32-5-12-45-13-6-32/h3-6,11-13,22-23,27,29,33-35H,7-10,14-21,24-26H2,1-2H3,(H,47,51)(H,48,59)(H,49,61)(H,46,50,62)/t34-,35+/m1/s1. The Morgan fingerprint density at radius 3 is 2.32 bits per heavy atom. The zero-order valence-corrected chi connectivity index (χ0v) is 35.6. The van der Waals surface area contributed by atoms with Gasteiger partial charge in [0.1, 0.15) is 18.5 Å². The molecule has 0 aliphatic carbocycles. The maximum absolute atomic E-state index is 14.7. The average molecular weight is 863 g/mol. The second-order valence-corrected chi connectivity index (χ2v) is 16.7. The Kier molecular flexibility index (Phi) is 13.0. The number of anilines is 1. The lowest BCUT2D eigenvalue weighted by Gasteiger charge is -2.39. The molecule has 19 heteroatoms. The lowest BCUT2D eigenvalue weighted by Crippen LogP contribution is -2.59. The van der Waals surface area contributed by atoms with Gasteiger partial charge in [-0.15, -0.1) is 0 Å². The van der Waals surface area contributed by atoms with Gasteiger partial charge in [-0.05, 0) is 86.4 Å². The van der Waals surface area contributed by atoms with Gasteiger partial charge in [-0.1, -0.05) is 6.07 Å². The summed E-state index contributed by atoms with van der Waals surface area (Å²) in [7, 11) is 1.25. The van der Waals surface area contributed by atoms with Crippen molar-refractivity contribution in [2.75, 3.05) is 64.4 Å². The Labute approximate surface area is 363 Å². The first-order chi connectivity index (χ1) is 30.5. The van der Waals surface area contributed by atoms with Crippen molar-refractivity contribution >= 4 is 57.5 Å². The van der Waals surface area contributed by atoms with Gasteiger partial charge in [-0.2, -0.15) is 5.10 Å².